The zero-order valence-corrected chi connectivity index (χ0v) is 18.5. The minimum absolute atomic E-state index is 0.0473. The molecule has 4 rings (SSSR count). The Hall–Kier alpha value is -2.46. The van der Waals surface area contributed by atoms with Crippen molar-refractivity contribution in [1.29, 1.82) is 0 Å². The molecule has 31 heavy (non-hydrogen) atoms. The molecule has 168 valence electrons. The Balaban J connectivity index is 1.50. The largest absolute Gasteiger partial charge is 0.366 e. The Labute approximate surface area is 182 Å². The Kier molecular flexibility index (Phi) is 6.29. The van der Waals surface area contributed by atoms with Gasteiger partial charge in [-0.3, -0.25) is 15.2 Å². The van der Waals surface area contributed by atoms with Crippen molar-refractivity contribution in [2.24, 2.45) is 5.92 Å². The first kappa shape index (κ1) is 21.8. The number of piperidine rings is 1. The third-order valence-electron chi connectivity index (χ3n) is 6.59. The average Bonchev–Trinajstić information content (AvgIpc) is 3.30. The number of benzene rings is 1. The van der Waals surface area contributed by atoms with Gasteiger partial charge in [0.15, 0.2) is 0 Å². The Morgan fingerprint density at radius 1 is 1.13 bits per heavy atom. The van der Waals surface area contributed by atoms with Crippen LogP contribution < -0.4 is 9.62 Å². The topological polar surface area (TPSA) is 121 Å². The minimum Gasteiger partial charge on any atom is -0.366 e. The van der Waals surface area contributed by atoms with Crippen LogP contribution in [0.25, 0.3) is 0 Å². The van der Waals surface area contributed by atoms with Gasteiger partial charge in [0.05, 0.1) is 9.82 Å². The number of hydrogen-bond donors (Lipinski definition) is 2. The van der Waals surface area contributed by atoms with Crippen molar-refractivity contribution in [2.75, 3.05) is 18.0 Å². The summed E-state index contributed by atoms with van der Waals surface area (Å²) < 4.78 is 28.5. The molecule has 2 N–H and O–H groups in total. The molecule has 2 fully saturated rings. The molecule has 0 bridgehead atoms. The van der Waals surface area contributed by atoms with Gasteiger partial charge in [0.2, 0.25) is 10.0 Å². The third-order valence-corrected chi connectivity index (χ3v) is 8.11. The lowest BCUT2D eigenvalue weighted by atomic mass is 9.88. The van der Waals surface area contributed by atoms with Crippen molar-refractivity contribution in [3.63, 3.8) is 0 Å². The fourth-order valence-corrected chi connectivity index (χ4v) is 6.00. The van der Waals surface area contributed by atoms with E-state index < -0.39 is 14.9 Å². The summed E-state index contributed by atoms with van der Waals surface area (Å²) in [6.45, 7) is 3.49. The van der Waals surface area contributed by atoms with E-state index in [-0.39, 0.29) is 16.6 Å². The quantitative estimate of drug-likeness (QED) is 0.516. The third kappa shape index (κ3) is 4.90. The number of hydrogen-bond acceptors (Lipinski definition) is 6. The Morgan fingerprint density at radius 2 is 1.84 bits per heavy atom. The zero-order chi connectivity index (χ0) is 22.0. The van der Waals surface area contributed by atoms with E-state index >= 15 is 0 Å². The van der Waals surface area contributed by atoms with Crippen LogP contribution in [0.5, 0.6) is 0 Å². The van der Waals surface area contributed by atoms with Crippen LogP contribution in [0.3, 0.4) is 0 Å². The normalized spacial score (nSPS) is 23.1. The first-order valence-electron chi connectivity index (χ1n) is 10.9. The average molecular weight is 448 g/mol. The van der Waals surface area contributed by atoms with E-state index in [2.05, 4.69) is 21.8 Å². The number of nitro benzene ring substituents is 1. The molecule has 1 aliphatic heterocycles. The second kappa shape index (κ2) is 8.96. The van der Waals surface area contributed by atoms with Crippen LogP contribution in [0.4, 0.5) is 11.4 Å². The summed E-state index contributed by atoms with van der Waals surface area (Å²) in [5.41, 5.74) is 1.39. The summed E-state index contributed by atoms with van der Waals surface area (Å²) in [7, 11) is -3.80. The molecule has 1 aliphatic carbocycles. The maximum atomic E-state index is 12.9. The number of anilines is 1. The van der Waals surface area contributed by atoms with Crippen LogP contribution in [0.2, 0.25) is 0 Å². The summed E-state index contributed by atoms with van der Waals surface area (Å²) in [6.07, 6.45) is 7.00. The number of nitro groups is 1. The predicted molar refractivity (Wildman–Crippen MR) is 118 cm³/mol. The fraction of sp³-hybridized carbons (Fsp3) is 0.571. The van der Waals surface area contributed by atoms with Gasteiger partial charge in [-0.15, -0.1) is 0 Å². The van der Waals surface area contributed by atoms with Gasteiger partial charge < -0.3 is 4.90 Å². The first-order chi connectivity index (χ1) is 14.8. The van der Waals surface area contributed by atoms with Crippen molar-refractivity contribution in [3.05, 3.63) is 46.3 Å². The summed E-state index contributed by atoms with van der Waals surface area (Å²) in [5, 5.41) is 18.8. The molecule has 1 saturated heterocycles. The SMILES string of the molecule is CC1CCC(NS(=O)(=O)c2ccc(N3CCC(c4ccn[nH]4)CC3)c([N+](=O)[O-])c2)CC1. The smallest absolute Gasteiger partial charge is 0.293 e. The van der Waals surface area contributed by atoms with Crippen LogP contribution in [0.15, 0.2) is 35.4 Å². The van der Waals surface area contributed by atoms with Crippen LogP contribution in [-0.2, 0) is 10.0 Å². The molecular weight excluding hydrogens is 418 g/mol. The molecule has 2 aliphatic rings. The number of H-pyrrole nitrogens is 1. The van der Waals surface area contributed by atoms with Crippen molar-refractivity contribution in [1.82, 2.24) is 14.9 Å². The molecular formula is C21H29N5O4S. The minimum atomic E-state index is -3.80. The van der Waals surface area contributed by atoms with Gasteiger partial charge in [0.1, 0.15) is 5.69 Å². The highest BCUT2D eigenvalue weighted by atomic mass is 32.2. The Bertz CT molecular complexity index is 1010. The lowest BCUT2D eigenvalue weighted by Crippen LogP contribution is -2.37. The van der Waals surface area contributed by atoms with Crippen molar-refractivity contribution in [3.8, 4) is 0 Å². The van der Waals surface area contributed by atoms with Crippen LogP contribution >= 0.6 is 0 Å². The number of aromatic amines is 1. The van der Waals surface area contributed by atoms with Crippen LogP contribution in [0.1, 0.15) is 57.1 Å². The molecule has 0 amide bonds. The van der Waals surface area contributed by atoms with Crippen LogP contribution in [-0.4, -0.2) is 42.7 Å². The summed E-state index contributed by atoms with van der Waals surface area (Å²) in [6, 6.07) is 6.11. The zero-order valence-electron chi connectivity index (χ0n) is 17.7. The van der Waals surface area contributed by atoms with E-state index in [1.807, 2.05) is 11.0 Å². The number of aromatic nitrogens is 2. The first-order valence-corrected chi connectivity index (χ1v) is 12.4. The highest BCUT2D eigenvalue weighted by molar-refractivity contribution is 7.89. The molecule has 2 aromatic rings. The standard InChI is InChI=1S/C21H29N5O4S/c1-15-2-4-17(5-3-15)24-31(29,30)18-6-7-20(21(14-18)26(27)28)25-12-9-16(10-13-25)19-8-11-22-23-19/h6-8,11,14-17,24H,2-5,9-10,12-13H2,1H3,(H,22,23). The van der Waals surface area contributed by atoms with Crippen molar-refractivity contribution in [2.45, 2.75) is 62.3 Å². The van der Waals surface area contributed by atoms with E-state index in [0.29, 0.717) is 30.6 Å². The predicted octanol–water partition coefficient (Wildman–Crippen LogP) is 3.56. The van der Waals surface area contributed by atoms with E-state index in [9.17, 15) is 18.5 Å². The molecule has 0 spiro atoms. The van der Waals surface area contributed by atoms with Gasteiger partial charge in [-0.25, -0.2) is 13.1 Å². The lowest BCUT2D eigenvalue weighted by Gasteiger charge is -2.33. The van der Waals surface area contributed by atoms with E-state index in [1.54, 1.807) is 12.3 Å². The van der Waals surface area contributed by atoms with E-state index in [4.69, 9.17) is 0 Å². The molecule has 9 nitrogen and oxygen atoms in total. The number of nitrogens with zero attached hydrogens (tertiary/aromatic N) is 3. The van der Waals surface area contributed by atoms with Gasteiger partial charge in [-0.1, -0.05) is 6.92 Å². The van der Waals surface area contributed by atoms with Crippen molar-refractivity contribution >= 4 is 21.4 Å². The molecule has 0 unspecified atom stereocenters. The molecule has 1 aromatic heterocycles. The van der Waals surface area contributed by atoms with E-state index in [0.717, 1.165) is 44.2 Å². The molecule has 0 atom stereocenters. The van der Waals surface area contributed by atoms with Gasteiger partial charge in [0.25, 0.3) is 5.69 Å². The number of sulfonamides is 1. The highest BCUT2D eigenvalue weighted by Crippen LogP contribution is 2.35. The molecule has 10 heteroatoms. The second-order valence-corrected chi connectivity index (χ2v) is 10.5. The number of nitrogens with one attached hydrogen (secondary N) is 2. The van der Waals surface area contributed by atoms with Gasteiger partial charge in [-0.2, -0.15) is 5.10 Å². The van der Waals surface area contributed by atoms with Gasteiger partial charge >= 0.3 is 0 Å². The highest BCUT2D eigenvalue weighted by Gasteiger charge is 2.29. The maximum absolute atomic E-state index is 12.9. The van der Waals surface area contributed by atoms with E-state index in [1.165, 1.54) is 12.1 Å². The lowest BCUT2D eigenvalue weighted by molar-refractivity contribution is -0.384. The summed E-state index contributed by atoms with van der Waals surface area (Å²) in [5.74, 6) is 0.957. The number of rotatable bonds is 6. The molecule has 2 heterocycles. The maximum Gasteiger partial charge on any atom is 0.293 e. The Morgan fingerprint density at radius 3 is 2.45 bits per heavy atom. The van der Waals surface area contributed by atoms with Gasteiger partial charge in [-0.05, 0) is 62.6 Å². The van der Waals surface area contributed by atoms with Crippen molar-refractivity contribution < 1.29 is 13.3 Å². The summed E-state index contributed by atoms with van der Waals surface area (Å²) >= 11 is 0. The summed E-state index contributed by atoms with van der Waals surface area (Å²) in [4.78, 5) is 13.2. The monoisotopic (exact) mass is 447 g/mol. The van der Waals surface area contributed by atoms with Crippen LogP contribution in [0, 0.1) is 16.0 Å². The van der Waals surface area contributed by atoms with Gasteiger partial charge in [0, 0.05) is 43.0 Å². The second-order valence-electron chi connectivity index (χ2n) is 8.76. The molecule has 1 saturated carbocycles. The molecule has 1 aromatic carbocycles. The fourth-order valence-electron chi connectivity index (χ4n) is 4.67. The molecule has 0 radical (unpaired) electrons.